The molecule has 0 heterocycles. The number of nitrogens with two attached hydrogens (primary N) is 1. The molecule has 19 heavy (non-hydrogen) atoms. The molecule has 0 aromatic heterocycles. The summed E-state index contributed by atoms with van der Waals surface area (Å²) in [7, 11) is 0. The van der Waals surface area contributed by atoms with Gasteiger partial charge in [-0.1, -0.05) is 51.7 Å². The Morgan fingerprint density at radius 2 is 2.00 bits per heavy atom. The van der Waals surface area contributed by atoms with Crippen LogP contribution < -0.4 is 5.73 Å². The Kier molecular flexibility index (Phi) is 7.73. The highest BCUT2D eigenvalue weighted by Gasteiger charge is 2.14. The molecule has 1 aromatic rings. The summed E-state index contributed by atoms with van der Waals surface area (Å²) in [4.78, 5) is 0. The number of halogens is 1. The van der Waals surface area contributed by atoms with Crippen LogP contribution in [-0.2, 0) is 6.42 Å². The first-order chi connectivity index (χ1) is 9.19. The number of hydrogen-bond donors (Lipinski definition) is 1. The molecule has 2 atom stereocenters. The van der Waals surface area contributed by atoms with E-state index in [1.54, 1.807) is 12.1 Å². The summed E-state index contributed by atoms with van der Waals surface area (Å²) in [5, 5.41) is 0. The first-order valence-electron chi connectivity index (χ1n) is 7.64. The molecule has 1 nitrogen and oxygen atoms in total. The van der Waals surface area contributed by atoms with E-state index in [9.17, 15) is 4.39 Å². The zero-order chi connectivity index (χ0) is 14.1. The van der Waals surface area contributed by atoms with Crippen LogP contribution in [0.3, 0.4) is 0 Å². The van der Waals surface area contributed by atoms with Crippen LogP contribution in [0.25, 0.3) is 0 Å². The first-order valence-corrected chi connectivity index (χ1v) is 7.64. The van der Waals surface area contributed by atoms with E-state index in [1.807, 2.05) is 6.07 Å². The second-order valence-electron chi connectivity index (χ2n) is 5.59. The lowest BCUT2D eigenvalue weighted by Crippen LogP contribution is -2.20. The molecule has 2 N–H and O–H groups in total. The summed E-state index contributed by atoms with van der Waals surface area (Å²) in [5.74, 6) is 1.09. The fraction of sp³-hybridized carbons (Fsp3) is 0.647. The van der Waals surface area contributed by atoms with E-state index in [2.05, 4.69) is 13.8 Å². The minimum absolute atomic E-state index is 0.147. The number of unbranched alkanes of at least 4 members (excludes halogenated alkanes) is 1. The van der Waals surface area contributed by atoms with E-state index in [4.69, 9.17) is 5.73 Å². The summed E-state index contributed by atoms with van der Waals surface area (Å²) >= 11 is 0. The summed E-state index contributed by atoms with van der Waals surface area (Å²) in [5.41, 5.74) is 6.97. The highest BCUT2D eigenvalue weighted by Crippen LogP contribution is 2.23. The molecule has 0 saturated heterocycles. The van der Waals surface area contributed by atoms with Crippen molar-refractivity contribution in [3.63, 3.8) is 0 Å². The van der Waals surface area contributed by atoms with Crippen LogP contribution in [0.15, 0.2) is 24.3 Å². The van der Waals surface area contributed by atoms with Crippen LogP contribution in [0.5, 0.6) is 0 Å². The van der Waals surface area contributed by atoms with Crippen molar-refractivity contribution in [3.05, 3.63) is 35.6 Å². The number of rotatable bonds is 9. The Morgan fingerprint density at radius 1 is 1.21 bits per heavy atom. The summed E-state index contributed by atoms with van der Waals surface area (Å²) in [6, 6.07) is 6.91. The Hall–Kier alpha value is -0.890. The van der Waals surface area contributed by atoms with Crippen LogP contribution >= 0.6 is 0 Å². The monoisotopic (exact) mass is 265 g/mol. The maximum atomic E-state index is 13.2. The minimum Gasteiger partial charge on any atom is -0.330 e. The van der Waals surface area contributed by atoms with Gasteiger partial charge in [-0.2, -0.15) is 0 Å². The predicted molar refractivity (Wildman–Crippen MR) is 80.6 cm³/mol. The molecule has 1 aromatic carbocycles. The lowest BCUT2D eigenvalue weighted by Gasteiger charge is -2.21. The average Bonchev–Trinajstić information content (AvgIpc) is 2.42. The van der Waals surface area contributed by atoms with Gasteiger partial charge in [0.15, 0.2) is 0 Å². The third-order valence-electron chi connectivity index (χ3n) is 3.96. The quantitative estimate of drug-likeness (QED) is 0.696. The average molecular weight is 265 g/mol. The van der Waals surface area contributed by atoms with E-state index in [1.165, 1.54) is 38.2 Å². The SMILES string of the molecule is CCCCC(CC)CC(CN)Cc1cccc(F)c1. The van der Waals surface area contributed by atoms with Crippen molar-refractivity contribution >= 4 is 0 Å². The third kappa shape index (κ3) is 6.20. The smallest absolute Gasteiger partial charge is 0.123 e. The van der Waals surface area contributed by atoms with Gasteiger partial charge in [0.2, 0.25) is 0 Å². The van der Waals surface area contributed by atoms with Gasteiger partial charge in [0, 0.05) is 0 Å². The van der Waals surface area contributed by atoms with E-state index >= 15 is 0 Å². The molecule has 0 aliphatic carbocycles. The first kappa shape index (κ1) is 16.2. The van der Waals surface area contributed by atoms with Gasteiger partial charge in [-0.3, -0.25) is 0 Å². The lowest BCUT2D eigenvalue weighted by molar-refractivity contribution is 0.339. The third-order valence-corrected chi connectivity index (χ3v) is 3.96. The zero-order valence-corrected chi connectivity index (χ0v) is 12.4. The van der Waals surface area contributed by atoms with Crippen molar-refractivity contribution in [1.82, 2.24) is 0 Å². The second kappa shape index (κ2) is 9.08. The molecule has 0 fully saturated rings. The molecule has 2 unspecified atom stereocenters. The second-order valence-corrected chi connectivity index (χ2v) is 5.59. The maximum Gasteiger partial charge on any atom is 0.123 e. The molecule has 0 spiro atoms. The van der Waals surface area contributed by atoms with E-state index in [-0.39, 0.29) is 5.82 Å². The number of benzene rings is 1. The zero-order valence-electron chi connectivity index (χ0n) is 12.4. The van der Waals surface area contributed by atoms with Crippen LogP contribution in [0.2, 0.25) is 0 Å². The number of hydrogen-bond acceptors (Lipinski definition) is 1. The van der Waals surface area contributed by atoms with E-state index < -0.39 is 0 Å². The Morgan fingerprint density at radius 3 is 2.58 bits per heavy atom. The van der Waals surface area contributed by atoms with E-state index in [0.29, 0.717) is 12.5 Å². The molecule has 0 saturated carbocycles. The van der Waals surface area contributed by atoms with Crippen LogP contribution in [-0.4, -0.2) is 6.54 Å². The van der Waals surface area contributed by atoms with Crippen molar-refractivity contribution in [1.29, 1.82) is 0 Å². The highest BCUT2D eigenvalue weighted by molar-refractivity contribution is 5.16. The molecule has 0 aliphatic rings. The molecule has 0 bridgehead atoms. The largest absolute Gasteiger partial charge is 0.330 e. The van der Waals surface area contributed by atoms with Crippen molar-refractivity contribution in [2.24, 2.45) is 17.6 Å². The topological polar surface area (TPSA) is 26.0 Å². The molecule has 0 amide bonds. The van der Waals surface area contributed by atoms with Crippen molar-refractivity contribution in [2.45, 2.75) is 52.4 Å². The van der Waals surface area contributed by atoms with Gasteiger partial charge in [0.25, 0.3) is 0 Å². The van der Waals surface area contributed by atoms with Gasteiger partial charge in [-0.25, -0.2) is 4.39 Å². The van der Waals surface area contributed by atoms with Crippen molar-refractivity contribution < 1.29 is 4.39 Å². The van der Waals surface area contributed by atoms with Gasteiger partial charge in [0.1, 0.15) is 5.82 Å². The van der Waals surface area contributed by atoms with Gasteiger partial charge >= 0.3 is 0 Å². The molecule has 0 radical (unpaired) electrons. The predicted octanol–water partition coefficient (Wildman–Crippen LogP) is 4.55. The van der Waals surface area contributed by atoms with Crippen molar-refractivity contribution in [2.75, 3.05) is 6.54 Å². The Bertz CT molecular complexity index is 351. The molecular formula is C17H28FN. The molecule has 1 rings (SSSR count). The Labute approximate surface area is 117 Å². The van der Waals surface area contributed by atoms with E-state index in [0.717, 1.165) is 17.9 Å². The maximum absolute atomic E-state index is 13.2. The van der Waals surface area contributed by atoms with Gasteiger partial charge in [0.05, 0.1) is 0 Å². The summed E-state index contributed by atoms with van der Waals surface area (Å²) in [6.45, 7) is 5.19. The Balaban J connectivity index is 2.52. The minimum atomic E-state index is -0.147. The standard InChI is InChI=1S/C17H28FN/c1-3-5-7-14(4-2)10-16(13-19)11-15-8-6-9-17(18)12-15/h6,8-9,12,14,16H,3-5,7,10-11,13,19H2,1-2H3. The van der Waals surface area contributed by atoms with Crippen LogP contribution in [0, 0.1) is 17.7 Å². The lowest BCUT2D eigenvalue weighted by atomic mass is 9.85. The molecule has 2 heteroatoms. The van der Waals surface area contributed by atoms with Crippen LogP contribution in [0.4, 0.5) is 4.39 Å². The normalized spacial score (nSPS) is 14.3. The molecular weight excluding hydrogens is 237 g/mol. The van der Waals surface area contributed by atoms with Crippen LogP contribution in [0.1, 0.15) is 51.5 Å². The fourth-order valence-electron chi connectivity index (χ4n) is 2.71. The van der Waals surface area contributed by atoms with Gasteiger partial charge in [-0.15, -0.1) is 0 Å². The van der Waals surface area contributed by atoms with Gasteiger partial charge < -0.3 is 5.73 Å². The molecule has 0 aliphatic heterocycles. The molecule has 108 valence electrons. The van der Waals surface area contributed by atoms with Crippen molar-refractivity contribution in [3.8, 4) is 0 Å². The summed E-state index contributed by atoms with van der Waals surface area (Å²) in [6.07, 6.45) is 7.15. The fourth-order valence-corrected chi connectivity index (χ4v) is 2.71. The summed E-state index contributed by atoms with van der Waals surface area (Å²) < 4.78 is 13.2. The highest BCUT2D eigenvalue weighted by atomic mass is 19.1. The van der Waals surface area contributed by atoms with Gasteiger partial charge in [-0.05, 0) is 48.9 Å².